The Morgan fingerprint density at radius 2 is 2.05 bits per heavy atom. The average molecular weight is 305 g/mol. The second-order valence-electron chi connectivity index (χ2n) is 5.20. The van der Waals surface area contributed by atoms with Crippen molar-refractivity contribution in [2.45, 2.75) is 38.9 Å². The lowest BCUT2D eigenvalue weighted by atomic mass is 10.0. The Balaban J connectivity index is 2.49. The van der Waals surface area contributed by atoms with Crippen LogP contribution >= 0.6 is 11.8 Å². The number of benzene rings is 1. The van der Waals surface area contributed by atoms with Crippen molar-refractivity contribution in [3.05, 3.63) is 29.3 Å². The minimum atomic E-state index is -0.855. The highest BCUT2D eigenvalue weighted by Crippen LogP contribution is 2.30. The Hall–Kier alpha value is -1.82. The van der Waals surface area contributed by atoms with Crippen LogP contribution in [0.5, 0.6) is 0 Å². The molecule has 1 aromatic heterocycles. The van der Waals surface area contributed by atoms with Crippen LogP contribution < -0.4 is 0 Å². The quantitative estimate of drug-likeness (QED) is 0.858. The fourth-order valence-electron chi connectivity index (χ4n) is 2.14. The summed E-state index contributed by atoms with van der Waals surface area (Å²) in [6.07, 6.45) is 0. The van der Waals surface area contributed by atoms with E-state index >= 15 is 0 Å². The third kappa shape index (κ3) is 3.26. The second kappa shape index (κ2) is 6.30. The number of nitrogens with zero attached hydrogens (tertiary/aromatic N) is 3. The van der Waals surface area contributed by atoms with Gasteiger partial charge in [-0.1, -0.05) is 30.0 Å². The molecule has 1 aromatic carbocycles. The van der Waals surface area contributed by atoms with E-state index in [0.717, 1.165) is 11.4 Å². The molecule has 0 atom stereocenters. The van der Waals surface area contributed by atoms with E-state index < -0.39 is 5.97 Å². The highest BCUT2D eigenvalue weighted by molar-refractivity contribution is 7.99. The van der Waals surface area contributed by atoms with Crippen LogP contribution in [-0.2, 0) is 4.79 Å². The molecule has 0 aliphatic carbocycles. The van der Waals surface area contributed by atoms with E-state index in [1.165, 1.54) is 22.9 Å². The first kappa shape index (κ1) is 15.6. The Bertz CT molecular complexity index is 665. The topological polar surface area (TPSA) is 68.0 Å². The zero-order chi connectivity index (χ0) is 15.6. The monoisotopic (exact) mass is 305 g/mol. The van der Waals surface area contributed by atoms with Gasteiger partial charge in [-0.2, -0.15) is 0 Å². The number of aryl methyl sites for hydroxylation is 1. The maximum Gasteiger partial charge on any atom is 0.313 e. The van der Waals surface area contributed by atoms with Crippen LogP contribution in [0.2, 0.25) is 0 Å². The molecule has 0 amide bonds. The van der Waals surface area contributed by atoms with Crippen molar-refractivity contribution in [1.82, 2.24) is 14.8 Å². The zero-order valence-corrected chi connectivity index (χ0v) is 13.4. The first-order valence-electron chi connectivity index (χ1n) is 6.78. The molecule has 0 aliphatic heterocycles. The fourth-order valence-corrected chi connectivity index (χ4v) is 2.93. The van der Waals surface area contributed by atoms with Crippen molar-refractivity contribution in [1.29, 1.82) is 0 Å². The Kier molecular flexibility index (Phi) is 4.67. The molecule has 0 saturated heterocycles. The molecule has 0 radical (unpaired) electrons. The maximum atomic E-state index is 10.8. The minimum absolute atomic E-state index is 0.0162. The predicted octanol–water partition coefficient (Wildman–Crippen LogP) is 3.32. The average Bonchev–Trinajstić information content (AvgIpc) is 2.83. The lowest BCUT2D eigenvalue weighted by Crippen LogP contribution is -2.07. The van der Waals surface area contributed by atoms with Gasteiger partial charge in [0.15, 0.2) is 11.0 Å². The summed E-state index contributed by atoms with van der Waals surface area (Å²) in [4.78, 5) is 10.8. The molecule has 0 saturated carbocycles. The van der Waals surface area contributed by atoms with Gasteiger partial charge in [0.05, 0.1) is 5.75 Å². The highest BCUT2D eigenvalue weighted by atomic mass is 32.2. The molecule has 5 nitrogen and oxygen atoms in total. The van der Waals surface area contributed by atoms with Crippen molar-refractivity contribution in [2.24, 2.45) is 0 Å². The van der Waals surface area contributed by atoms with Crippen LogP contribution in [0.1, 0.15) is 31.0 Å². The SMILES string of the molecule is Cc1cccc(-c2nnc(SCC(=O)O)n2C(C)C)c1C. The summed E-state index contributed by atoms with van der Waals surface area (Å²) in [5.74, 6) is -0.0804. The van der Waals surface area contributed by atoms with Crippen LogP contribution in [0.25, 0.3) is 11.4 Å². The van der Waals surface area contributed by atoms with Crippen molar-refractivity contribution in [2.75, 3.05) is 5.75 Å². The van der Waals surface area contributed by atoms with Crippen LogP contribution in [0.4, 0.5) is 0 Å². The summed E-state index contributed by atoms with van der Waals surface area (Å²) in [6, 6.07) is 6.25. The standard InChI is InChI=1S/C15H19N3O2S/c1-9(2)18-14(12-7-5-6-10(3)11(12)4)16-17-15(18)21-8-13(19)20/h5-7,9H,8H2,1-4H3,(H,19,20). The molecule has 0 bridgehead atoms. The largest absolute Gasteiger partial charge is 0.481 e. The van der Waals surface area contributed by atoms with E-state index in [1.807, 2.05) is 30.5 Å². The van der Waals surface area contributed by atoms with Gasteiger partial charge >= 0.3 is 5.97 Å². The molecule has 6 heteroatoms. The van der Waals surface area contributed by atoms with Crippen molar-refractivity contribution in [3.8, 4) is 11.4 Å². The number of rotatable bonds is 5. The fraction of sp³-hybridized carbons (Fsp3) is 0.400. The normalized spacial score (nSPS) is 11.1. The molecular weight excluding hydrogens is 286 g/mol. The number of carbonyl (C=O) groups is 1. The van der Waals surface area contributed by atoms with Crippen LogP contribution in [-0.4, -0.2) is 31.6 Å². The number of thioether (sulfide) groups is 1. The summed E-state index contributed by atoms with van der Waals surface area (Å²) < 4.78 is 2.00. The summed E-state index contributed by atoms with van der Waals surface area (Å²) in [5.41, 5.74) is 3.41. The van der Waals surface area contributed by atoms with Gasteiger partial charge < -0.3 is 5.11 Å². The Morgan fingerprint density at radius 1 is 1.33 bits per heavy atom. The third-order valence-corrected chi connectivity index (χ3v) is 4.28. The van der Waals surface area contributed by atoms with Crippen molar-refractivity contribution < 1.29 is 9.90 Å². The number of carboxylic acids is 1. The number of aromatic nitrogens is 3. The van der Waals surface area contributed by atoms with Gasteiger partial charge in [0, 0.05) is 11.6 Å². The minimum Gasteiger partial charge on any atom is -0.481 e. The van der Waals surface area contributed by atoms with E-state index in [1.54, 1.807) is 0 Å². The smallest absolute Gasteiger partial charge is 0.313 e. The Labute approximate surface area is 128 Å². The molecular formula is C15H19N3O2S. The van der Waals surface area contributed by atoms with Gasteiger partial charge in [0.25, 0.3) is 0 Å². The molecule has 2 aromatic rings. The number of carboxylic acid groups (broad SMARTS) is 1. The van der Waals surface area contributed by atoms with Crippen LogP contribution in [0, 0.1) is 13.8 Å². The van der Waals surface area contributed by atoms with E-state index in [0.29, 0.717) is 5.16 Å². The first-order valence-corrected chi connectivity index (χ1v) is 7.76. The van der Waals surface area contributed by atoms with Gasteiger partial charge in [-0.25, -0.2) is 0 Å². The Morgan fingerprint density at radius 3 is 2.67 bits per heavy atom. The van der Waals surface area contributed by atoms with E-state index in [2.05, 4.69) is 30.1 Å². The number of hydrogen-bond donors (Lipinski definition) is 1. The van der Waals surface area contributed by atoms with Gasteiger partial charge in [-0.3, -0.25) is 9.36 Å². The van der Waals surface area contributed by atoms with E-state index in [-0.39, 0.29) is 11.8 Å². The zero-order valence-electron chi connectivity index (χ0n) is 12.6. The summed E-state index contributed by atoms with van der Waals surface area (Å²) in [5, 5.41) is 17.9. The summed E-state index contributed by atoms with van der Waals surface area (Å²) >= 11 is 1.20. The molecule has 2 rings (SSSR count). The lowest BCUT2D eigenvalue weighted by molar-refractivity contribution is -0.133. The molecule has 112 valence electrons. The molecule has 1 N–H and O–H groups in total. The van der Waals surface area contributed by atoms with Gasteiger partial charge in [0.1, 0.15) is 0 Å². The van der Waals surface area contributed by atoms with Crippen molar-refractivity contribution >= 4 is 17.7 Å². The van der Waals surface area contributed by atoms with Gasteiger partial charge in [-0.05, 0) is 38.8 Å². The lowest BCUT2D eigenvalue weighted by Gasteiger charge is -2.15. The number of hydrogen-bond acceptors (Lipinski definition) is 4. The molecule has 0 unspecified atom stereocenters. The third-order valence-electron chi connectivity index (χ3n) is 3.35. The second-order valence-corrected chi connectivity index (χ2v) is 6.14. The van der Waals surface area contributed by atoms with Crippen LogP contribution in [0.15, 0.2) is 23.4 Å². The summed E-state index contributed by atoms with van der Waals surface area (Å²) in [6.45, 7) is 8.22. The molecule has 1 heterocycles. The van der Waals surface area contributed by atoms with Gasteiger partial charge in [-0.15, -0.1) is 10.2 Å². The maximum absolute atomic E-state index is 10.8. The highest BCUT2D eigenvalue weighted by Gasteiger charge is 2.19. The van der Waals surface area contributed by atoms with Gasteiger partial charge in [0.2, 0.25) is 0 Å². The number of aliphatic carboxylic acids is 1. The molecule has 0 spiro atoms. The summed E-state index contributed by atoms with van der Waals surface area (Å²) in [7, 11) is 0. The predicted molar refractivity (Wildman–Crippen MR) is 83.7 cm³/mol. The molecule has 21 heavy (non-hydrogen) atoms. The molecule has 0 aliphatic rings. The first-order chi connectivity index (χ1) is 9.91. The van der Waals surface area contributed by atoms with E-state index in [4.69, 9.17) is 5.11 Å². The van der Waals surface area contributed by atoms with E-state index in [9.17, 15) is 4.79 Å². The van der Waals surface area contributed by atoms with Crippen molar-refractivity contribution in [3.63, 3.8) is 0 Å². The van der Waals surface area contributed by atoms with Crippen LogP contribution in [0.3, 0.4) is 0 Å². The molecule has 0 fully saturated rings.